The summed E-state index contributed by atoms with van der Waals surface area (Å²) in [4.78, 5) is 0. The van der Waals surface area contributed by atoms with Crippen molar-refractivity contribution in [3.05, 3.63) is 0 Å². The van der Waals surface area contributed by atoms with Gasteiger partial charge in [0.1, 0.15) is 0 Å². The molecule has 1 aliphatic rings. The zero-order chi connectivity index (χ0) is 11.5. The third kappa shape index (κ3) is 4.21. The molecule has 90 valence electrons. The van der Waals surface area contributed by atoms with Gasteiger partial charge in [-0.2, -0.15) is 0 Å². The summed E-state index contributed by atoms with van der Waals surface area (Å²) >= 11 is 0. The molecule has 1 fully saturated rings. The van der Waals surface area contributed by atoms with Gasteiger partial charge in [-0.3, -0.25) is 0 Å². The molecular formula is C11H23NO2S. The molecule has 1 rings (SSSR count). The summed E-state index contributed by atoms with van der Waals surface area (Å²) in [6.45, 7) is 9.80. The van der Waals surface area contributed by atoms with E-state index in [-0.39, 0.29) is 4.75 Å². The molecule has 1 saturated heterocycles. The Kier molecular flexibility index (Phi) is 4.74. The Morgan fingerprint density at radius 3 is 2.33 bits per heavy atom. The van der Waals surface area contributed by atoms with Gasteiger partial charge < -0.3 is 4.74 Å². The number of ether oxygens (including phenoxy) is 1. The summed E-state index contributed by atoms with van der Waals surface area (Å²) < 4.78 is 20.2. The van der Waals surface area contributed by atoms with Gasteiger partial charge in [-0.15, -0.1) is 0 Å². The van der Waals surface area contributed by atoms with E-state index in [0.717, 1.165) is 26.1 Å². The zero-order valence-electron chi connectivity index (χ0n) is 10.2. The second kappa shape index (κ2) is 5.41. The summed E-state index contributed by atoms with van der Waals surface area (Å²) in [5, 5.41) is 0. The minimum atomic E-state index is -0.960. The molecule has 1 heterocycles. The third-order valence-electron chi connectivity index (χ3n) is 2.82. The van der Waals surface area contributed by atoms with Crippen LogP contribution in [-0.2, 0) is 15.7 Å². The molecule has 0 aromatic heterocycles. The highest BCUT2D eigenvalue weighted by atomic mass is 32.2. The fourth-order valence-electron chi connectivity index (χ4n) is 1.66. The van der Waals surface area contributed by atoms with Gasteiger partial charge in [-0.25, -0.2) is 8.93 Å². The molecule has 0 radical (unpaired) electrons. The lowest BCUT2D eigenvalue weighted by atomic mass is 9.94. The second-order valence-corrected chi connectivity index (χ2v) is 7.24. The molecule has 0 bridgehead atoms. The van der Waals surface area contributed by atoms with Crippen molar-refractivity contribution < 1.29 is 8.95 Å². The van der Waals surface area contributed by atoms with Crippen LogP contribution in [0.25, 0.3) is 0 Å². The molecule has 1 N–H and O–H groups in total. The van der Waals surface area contributed by atoms with Gasteiger partial charge in [0.15, 0.2) is 0 Å². The summed E-state index contributed by atoms with van der Waals surface area (Å²) in [5.74, 6) is 0.602. The summed E-state index contributed by atoms with van der Waals surface area (Å²) in [7, 11) is -0.960. The van der Waals surface area contributed by atoms with Gasteiger partial charge in [-0.05, 0) is 46.5 Å². The van der Waals surface area contributed by atoms with Crippen molar-refractivity contribution in [1.29, 1.82) is 0 Å². The molecule has 2 atom stereocenters. The summed E-state index contributed by atoms with van der Waals surface area (Å²) in [6.07, 6.45) is 2.16. The van der Waals surface area contributed by atoms with Crippen LogP contribution in [-0.4, -0.2) is 28.2 Å². The Hall–Kier alpha value is 0.0700. The minimum Gasteiger partial charge on any atom is -0.381 e. The van der Waals surface area contributed by atoms with Crippen molar-refractivity contribution in [3.8, 4) is 0 Å². The van der Waals surface area contributed by atoms with Crippen LogP contribution >= 0.6 is 0 Å². The van der Waals surface area contributed by atoms with Gasteiger partial charge in [0.25, 0.3) is 0 Å². The molecule has 0 spiro atoms. The largest absolute Gasteiger partial charge is 0.381 e. The molecule has 0 amide bonds. The van der Waals surface area contributed by atoms with Gasteiger partial charge in [0, 0.05) is 19.3 Å². The number of rotatable bonds is 3. The maximum atomic E-state index is 11.9. The van der Waals surface area contributed by atoms with E-state index in [0.29, 0.717) is 12.0 Å². The Bertz CT molecular complexity index is 219. The van der Waals surface area contributed by atoms with Gasteiger partial charge in [-0.1, -0.05) is 0 Å². The van der Waals surface area contributed by atoms with Crippen molar-refractivity contribution in [2.24, 2.45) is 5.92 Å². The number of hydrogen-bond donors (Lipinski definition) is 1. The van der Waals surface area contributed by atoms with Crippen LogP contribution in [0, 0.1) is 5.92 Å². The standard InChI is InChI=1S/C11H23NO2S/c1-9(10-5-7-14-8-6-10)12-15(13)11(2,3)4/h9-10,12H,5-8H2,1-4H3. The van der Waals surface area contributed by atoms with E-state index in [9.17, 15) is 4.21 Å². The smallest absolute Gasteiger partial charge is 0.0972 e. The minimum absolute atomic E-state index is 0.181. The topological polar surface area (TPSA) is 38.3 Å². The molecule has 0 aliphatic carbocycles. The van der Waals surface area contributed by atoms with E-state index >= 15 is 0 Å². The molecule has 0 saturated carbocycles. The molecule has 0 aromatic carbocycles. The lowest BCUT2D eigenvalue weighted by molar-refractivity contribution is 0.0587. The van der Waals surface area contributed by atoms with Crippen LogP contribution in [0.2, 0.25) is 0 Å². The van der Waals surface area contributed by atoms with Crippen molar-refractivity contribution in [2.75, 3.05) is 13.2 Å². The fraction of sp³-hybridized carbons (Fsp3) is 1.00. The van der Waals surface area contributed by atoms with Crippen molar-refractivity contribution in [3.63, 3.8) is 0 Å². The molecule has 0 aromatic rings. The SMILES string of the molecule is CC(NS(=O)C(C)(C)C)C1CCOCC1. The Morgan fingerprint density at radius 2 is 1.87 bits per heavy atom. The summed E-state index contributed by atoms with van der Waals surface area (Å²) in [6, 6.07) is 0.314. The maximum Gasteiger partial charge on any atom is 0.0972 e. The monoisotopic (exact) mass is 233 g/mol. The Labute approximate surface area is 95.6 Å². The molecule has 4 heteroatoms. The van der Waals surface area contributed by atoms with E-state index in [1.807, 2.05) is 20.8 Å². The summed E-state index contributed by atoms with van der Waals surface area (Å²) in [5.41, 5.74) is 0. The highest BCUT2D eigenvalue weighted by Crippen LogP contribution is 2.20. The van der Waals surface area contributed by atoms with Crippen molar-refractivity contribution in [1.82, 2.24) is 4.72 Å². The lowest BCUT2D eigenvalue weighted by Gasteiger charge is -2.30. The van der Waals surface area contributed by atoms with E-state index in [4.69, 9.17) is 4.74 Å². The highest BCUT2D eigenvalue weighted by molar-refractivity contribution is 7.84. The second-order valence-electron chi connectivity index (χ2n) is 5.24. The highest BCUT2D eigenvalue weighted by Gasteiger charge is 2.26. The first-order chi connectivity index (χ1) is 6.91. The zero-order valence-corrected chi connectivity index (χ0v) is 11.0. The van der Waals surface area contributed by atoms with E-state index in [1.165, 1.54) is 0 Å². The average molecular weight is 233 g/mol. The normalized spacial score (nSPS) is 23.7. The quantitative estimate of drug-likeness (QED) is 0.808. The maximum absolute atomic E-state index is 11.9. The lowest BCUT2D eigenvalue weighted by Crippen LogP contribution is -2.43. The van der Waals surface area contributed by atoms with Gasteiger partial charge in [0.2, 0.25) is 0 Å². The van der Waals surface area contributed by atoms with Crippen LogP contribution < -0.4 is 4.72 Å². The van der Waals surface area contributed by atoms with E-state index in [2.05, 4.69) is 11.6 Å². The first-order valence-corrected chi connectivity index (χ1v) is 6.82. The van der Waals surface area contributed by atoms with E-state index in [1.54, 1.807) is 0 Å². The van der Waals surface area contributed by atoms with Gasteiger partial charge >= 0.3 is 0 Å². The van der Waals surface area contributed by atoms with Crippen molar-refractivity contribution in [2.45, 2.75) is 51.3 Å². The van der Waals surface area contributed by atoms with Gasteiger partial charge in [0.05, 0.1) is 15.7 Å². The number of hydrogen-bond acceptors (Lipinski definition) is 2. The predicted octanol–water partition coefficient (Wildman–Crippen LogP) is 1.85. The molecular weight excluding hydrogens is 210 g/mol. The predicted molar refractivity (Wildman–Crippen MR) is 64.0 cm³/mol. The Balaban J connectivity index is 2.40. The first-order valence-electron chi connectivity index (χ1n) is 5.67. The molecule has 3 nitrogen and oxygen atoms in total. The van der Waals surface area contributed by atoms with Crippen LogP contribution in [0.5, 0.6) is 0 Å². The van der Waals surface area contributed by atoms with Crippen LogP contribution in [0.4, 0.5) is 0 Å². The van der Waals surface area contributed by atoms with Crippen LogP contribution in [0.15, 0.2) is 0 Å². The third-order valence-corrected chi connectivity index (χ3v) is 4.52. The average Bonchev–Trinajstić information content (AvgIpc) is 2.17. The molecule has 1 aliphatic heterocycles. The first kappa shape index (κ1) is 13.1. The van der Waals surface area contributed by atoms with Crippen LogP contribution in [0.3, 0.4) is 0 Å². The fourth-order valence-corrected chi connectivity index (χ4v) is 2.54. The van der Waals surface area contributed by atoms with Crippen LogP contribution in [0.1, 0.15) is 40.5 Å². The van der Waals surface area contributed by atoms with Crippen molar-refractivity contribution >= 4 is 11.0 Å². The molecule has 2 unspecified atom stereocenters. The number of nitrogens with one attached hydrogen (secondary N) is 1. The molecule has 15 heavy (non-hydrogen) atoms. The van der Waals surface area contributed by atoms with E-state index < -0.39 is 11.0 Å². The Morgan fingerprint density at radius 1 is 1.33 bits per heavy atom.